The first-order valence-corrected chi connectivity index (χ1v) is 4.53. The molecule has 13 heavy (non-hydrogen) atoms. The average Bonchev–Trinajstić information content (AvgIpc) is 2.17. The Balaban J connectivity index is 2.46. The van der Waals surface area contributed by atoms with Crippen LogP contribution in [0.5, 0.6) is 11.6 Å². The molecule has 0 fully saturated rings. The maximum Gasteiger partial charge on any atom is 0.257 e. The lowest BCUT2D eigenvalue weighted by atomic mass is 10.0. The summed E-state index contributed by atoms with van der Waals surface area (Å²) in [4.78, 5) is 4.12. The van der Waals surface area contributed by atoms with Crippen molar-refractivity contribution >= 4 is 0 Å². The molecule has 1 aliphatic heterocycles. The minimum Gasteiger partial charge on any atom is -0.484 e. The SMILES string of the molecule is CC(C)c1ccnc2c1OCCO2. The third-order valence-corrected chi connectivity index (χ3v) is 2.09. The lowest BCUT2D eigenvalue weighted by Crippen LogP contribution is -2.17. The Kier molecular flexibility index (Phi) is 2.08. The van der Waals surface area contributed by atoms with E-state index < -0.39 is 0 Å². The van der Waals surface area contributed by atoms with Crippen LogP contribution in [0.25, 0.3) is 0 Å². The third-order valence-electron chi connectivity index (χ3n) is 2.09. The predicted octanol–water partition coefficient (Wildman–Crippen LogP) is 1.98. The van der Waals surface area contributed by atoms with Gasteiger partial charge in [-0.3, -0.25) is 0 Å². The molecule has 0 amide bonds. The number of aromatic nitrogens is 1. The Bertz CT molecular complexity index is 310. The van der Waals surface area contributed by atoms with Crippen LogP contribution in [0.1, 0.15) is 25.3 Å². The summed E-state index contributed by atoms with van der Waals surface area (Å²) in [5, 5.41) is 0. The highest BCUT2D eigenvalue weighted by atomic mass is 16.6. The van der Waals surface area contributed by atoms with E-state index in [4.69, 9.17) is 9.47 Å². The highest BCUT2D eigenvalue weighted by Gasteiger charge is 2.18. The van der Waals surface area contributed by atoms with Gasteiger partial charge in [0, 0.05) is 11.8 Å². The molecule has 2 rings (SSSR count). The molecular weight excluding hydrogens is 166 g/mol. The second-order valence-electron chi connectivity index (χ2n) is 3.39. The Labute approximate surface area is 77.7 Å². The zero-order chi connectivity index (χ0) is 9.26. The van der Waals surface area contributed by atoms with Gasteiger partial charge in [-0.15, -0.1) is 0 Å². The standard InChI is InChI=1S/C10H13NO2/c1-7(2)8-3-4-11-10-9(8)12-5-6-13-10/h3-4,7H,5-6H2,1-2H3. The largest absolute Gasteiger partial charge is 0.484 e. The van der Waals surface area contributed by atoms with Gasteiger partial charge in [0.25, 0.3) is 5.88 Å². The summed E-state index contributed by atoms with van der Waals surface area (Å²) in [7, 11) is 0. The van der Waals surface area contributed by atoms with Crippen molar-refractivity contribution in [3.05, 3.63) is 17.8 Å². The molecule has 1 aromatic rings. The van der Waals surface area contributed by atoms with Gasteiger partial charge in [-0.1, -0.05) is 13.8 Å². The van der Waals surface area contributed by atoms with Crippen molar-refractivity contribution in [3.63, 3.8) is 0 Å². The second kappa shape index (κ2) is 3.24. The lowest BCUT2D eigenvalue weighted by molar-refractivity contribution is 0.162. The zero-order valence-electron chi connectivity index (χ0n) is 7.91. The monoisotopic (exact) mass is 179 g/mol. The van der Waals surface area contributed by atoms with Gasteiger partial charge in [-0.2, -0.15) is 0 Å². The highest BCUT2D eigenvalue weighted by Crippen LogP contribution is 2.35. The van der Waals surface area contributed by atoms with Gasteiger partial charge in [0.15, 0.2) is 5.75 Å². The number of fused-ring (bicyclic) bond motifs is 1. The molecule has 3 nitrogen and oxygen atoms in total. The first-order valence-electron chi connectivity index (χ1n) is 4.53. The van der Waals surface area contributed by atoms with Crippen LogP contribution in [0.4, 0.5) is 0 Å². The lowest BCUT2D eigenvalue weighted by Gasteiger charge is -2.20. The highest BCUT2D eigenvalue weighted by molar-refractivity contribution is 5.43. The number of nitrogens with zero attached hydrogens (tertiary/aromatic N) is 1. The summed E-state index contributed by atoms with van der Waals surface area (Å²) in [6, 6.07) is 1.98. The Morgan fingerprint density at radius 1 is 1.31 bits per heavy atom. The van der Waals surface area contributed by atoms with E-state index in [1.54, 1.807) is 6.20 Å². The first kappa shape index (κ1) is 8.35. The third kappa shape index (κ3) is 1.46. The van der Waals surface area contributed by atoms with Gasteiger partial charge in [0.2, 0.25) is 0 Å². The van der Waals surface area contributed by atoms with E-state index in [2.05, 4.69) is 18.8 Å². The van der Waals surface area contributed by atoms with Gasteiger partial charge in [-0.25, -0.2) is 4.98 Å². The average molecular weight is 179 g/mol. The minimum absolute atomic E-state index is 0.443. The van der Waals surface area contributed by atoms with Crippen LogP contribution in [0, 0.1) is 0 Å². The molecule has 0 spiro atoms. The fourth-order valence-corrected chi connectivity index (χ4v) is 1.43. The normalized spacial score (nSPS) is 14.7. The van der Waals surface area contributed by atoms with Crippen LogP contribution in [0.2, 0.25) is 0 Å². The molecule has 0 saturated heterocycles. The van der Waals surface area contributed by atoms with Crippen molar-refractivity contribution in [2.24, 2.45) is 0 Å². The van der Waals surface area contributed by atoms with Gasteiger partial charge in [0.1, 0.15) is 13.2 Å². The van der Waals surface area contributed by atoms with Crippen molar-refractivity contribution in [2.45, 2.75) is 19.8 Å². The van der Waals surface area contributed by atoms with Gasteiger partial charge < -0.3 is 9.47 Å². The molecular formula is C10H13NO2. The van der Waals surface area contributed by atoms with Crippen molar-refractivity contribution in [1.29, 1.82) is 0 Å². The fourth-order valence-electron chi connectivity index (χ4n) is 1.43. The number of hydrogen-bond donors (Lipinski definition) is 0. The molecule has 2 heterocycles. The fraction of sp³-hybridized carbons (Fsp3) is 0.500. The van der Waals surface area contributed by atoms with Crippen LogP contribution in [-0.2, 0) is 0 Å². The zero-order valence-corrected chi connectivity index (χ0v) is 7.91. The van der Waals surface area contributed by atoms with Crippen LogP contribution in [-0.4, -0.2) is 18.2 Å². The smallest absolute Gasteiger partial charge is 0.257 e. The number of rotatable bonds is 1. The summed E-state index contributed by atoms with van der Waals surface area (Å²) in [5.74, 6) is 1.90. The summed E-state index contributed by atoms with van der Waals surface area (Å²) >= 11 is 0. The molecule has 0 saturated carbocycles. The topological polar surface area (TPSA) is 31.4 Å². The molecule has 70 valence electrons. The van der Waals surface area contributed by atoms with E-state index in [-0.39, 0.29) is 0 Å². The van der Waals surface area contributed by atoms with E-state index in [0.717, 1.165) is 5.75 Å². The Morgan fingerprint density at radius 3 is 2.85 bits per heavy atom. The maximum absolute atomic E-state index is 5.53. The van der Waals surface area contributed by atoms with E-state index in [1.165, 1.54) is 5.56 Å². The number of pyridine rings is 1. The van der Waals surface area contributed by atoms with Crippen molar-refractivity contribution in [2.75, 3.05) is 13.2 Å². The molecule has 0 radical (unpaired) electrons. The first-order chi connectivity index (χ1) is 6.29. The number of hydrogen-bond acceptors (Lipinski definition) is 3. The van der Waals surface area contributed by atoms with Crippen LogP contribution in [0.15, 0.2) is 12.3 Å². The van der Waals surface area contributed by atoms with Crippen LogP contribution in [0.3, 0.4) is 0 Å². The molecule has 0 N–H and O–H groups in total. The van der Waals surface area contributed by atoms with E-state index in [0.29, 0.717) is 25.0 Å². The van der Waals surface area contributed by atoms with Gasteiger partial charge in [0.05, 0.1) is 0 Å². The maximum atomic E-state index is 5.53. The Hall–Kier alpha value is -1.25. The molecule has 0 bridgehead atoms. The summed E-state index contributed by atoms with van der Waals surface area (Å²) in [6.07, 6.45) is 1.77. The van der Waals surface area contributed by atoms with Crippen molar-refractivity contribution in [3.8, 4) is 11.6 Å². The Morgan fingerprint density at radius 2 is 2.08 bits per heavy atom. The van der Waals surface area contributed by atoms with Crippen LogP contribution < -0.4 is 9.47 Å². The van der Waals surface area contributed by atoms with E-state index in [9.17, 15) is 0 Å². The summed E-state index contributed by atoms with van der Waals surface area (Å²) < 4.78 is 10.9. The quantitative estimate of drug-likeness (QED) is 0.660. The second-order valence-corrected chi connectivity index (χ2v) is 3.39. The molecule has 0 unspecified atom stereocenters. The molecule has 1 aliphatic rings. The molecule has 0 atom stereocenters. The van der Waals surface area contributed by atoms with Gasteiger partial charge in [-0.05, 0) is 12.0 Å². The predicted molar refractivity (Wildman–Crippen MR) is 49.3 cm³/mol. The van der Waals surface area contributed by atoms with Crippen LogP contribution >= 0.6 is 0 Å². The van der Waals surface area contributed by atoms with Crippen molar-refractivity contribution in [1.82, 2.24) is 4.98 Å². The van der Waals surface area contributed by atoms with E-state index >= 15 is 0 Å². The van der Waals surface area contributed by atoms with Gasteiger partial charge >= 0.3 is 0 Å². The summed E-state index contributed by atoms with van der Waals surface area (Å²) in [5.41, 5.74) is 1.17. The number of ether oxygens (including phenoxy) is 2. The van der Waals surface area contributed by atoms with E-state index in [1.807, 2.05) is 6.07 Å². The minimum atomic E-state index is 0.443. The molecule has 1 aromatic heterocycles. The molecule has 0 aromatic carbocycles. The van der Waals surface area contributed by atoms with Crippen molar-refractivity contribution < 1.29 is 9.47 Å². The summed E-state index contributed by atoms with van der Waals surface area (Å²) in [6.45, 7) is 5.49. The molecule has 3 heteroatoms. The molecule has 0 aliphatic carbocycles.